The first kappa shape index (κ1) is 15.1. The zero-order valence-electron chi connectivity index (χ0n) is 13.3. The monoisotopic (exact) mass is 299 g/mol. The molecule has 3 rings (SSSR count). The van der Waals surface area contributed by atoms with E-state index in [2.05, 4.69) is 10.3 Å². The minimum atomic E-state index is 0.0288. The van der Waals surface area contributed by atoms with Gasteiger partial charge in [0.1, 0.15) is 11.3 Å². The predicted octanol–water partition coefficient (Wildman–Crippen LogP) is 3.74. The number of nitrogens with one attached hydrogen (secondary N) is 1. The molecule has 0 aliphatic heterocycles. The van der Waals surface area contributed by atoms with Gasteiger partial charge in [0.25, 0.3) is 5.91 Å². The van der Waals surface area contributed by atoms with Crippen LogP contribution in [-0.4, -0.2) is 21.3 Å². The minimum absolute atomic E-state index is 0.0288. The van der Waals surface area contributed by atoms with Crippen LogP contribution in [-0.2, 0) is 6.42 Å². The molecular weight excluding hydrogens is 274 g/mol. The lowest BCUT2D eigenvalue weighted by Crippen LogP contribution is -2.36. The first-order chi connectivity index (χ1) is 10.8. The van der Waals surface area contributed by atoms with Crippen LogP contribution >= 0.6 is 0 Å². The second-order valence-electron chi connectivity index (χ2n) is 6.20. The molecule has 1 aliphatic carbocycles. The van der Waals surface area contributed by atoms with E-state index in [0.29, 0.717) is 11.7 Å². The van der Waals surface area contributed by atoms with Crippen LogP contribution in [0.15, 0.2) is 24.4 Å². The second-order valence-corrected chi connectivity index (χ2v) is 6.20. The number of amides is 1. The lowest BCUT2D eigenvalue weighted by Gasteiger charge is -2.21. The van der Waals surface area contributed by atoms with Gasteiger partial charge in [-0.3, -0.25) is 9.20 Å². The van der Waals surface area contributed by atoms with Crippen molar-refractivity contribution in [3.05, 3.63) is 35.8 Å². The van der Waals surface area contributed by atoms with Gasteiger partial charge in [0, 0.05) is 12.2 Å². The summed E-state index contributed by atoms with van der Waals surface area (Å²) in [6, 6.07) is 6.16. The second kappa shape index (κ2) is 6.95. The summed E-state index contributed by atoms with van der Waals surface area (Å²) >= 11 is 0. The Balaban J connectivity index is 1.81. The van der Waals surface area contributed by atoms with E-state index in [4.69, 9.17) is 0 Å². The molecule has 4 heteroatoms. The van der Waals surface area contributed by atoms with Gasteiger partial charge in [0.2, 0.25) is 0 Å². The Hall–Kier alpha value is -1.84. The Morgan fingerprint density at radius 1 is 1.23 bits per heavy atom. The largest absolute Gasteiger partial charge is 0.348 e. The molecule has 2 aromatic rings. The Morgan fingerprint density at radius 2 is 1.95 bits per heavy atom. The van der Waals surface area contributed by atoms with Crippen molar-refractivity contribution < 1.29 is 4.79 Å². The van der Waals surface area contributed by atoms with Crippen molar-refractivity contribution in [2.24, 2.45) is 0 Å². The number of imidazole rings is 1. The molecule has 0 radical (unpaired) electrons. The van der Waals surface area contributed by atoms with Gasteiger partial charge >= 0.3 is 0 Å². The molecule has 1 N–H and O–H groups in total. The zero-order chi connectivity index (χ0) is 15.4. The number of nitrogens with zero attached hydrogens (tertiary/aromatic N) is 2. The summed E-state index contributed by atoms with van der Waals surface area (Å²) in [5.74, 6) is 0.0288. The van der Waals surface area contributed by atoms with Crippen molar-refractivity contribution in [1.82, 2.24) is 14.7 Å². The molecule has 1 saturated carbocycles. The maximum atomic E-state index is 12.8. The van der Waals surface area contributed by atoms with E-state index in [0.717, 1.165) is 30.6 Å². The summed E-state index contributed by atoms with van der Waals surface area (Å²) in [6.45, 7) is 2.05. The highest BCUT2D eigenvalue weighted by Crippen LogP contribution is 2.19. The van der Waals surface area contributed by atoms with Crippen LogP contribution < -0.4 is 5.32 Å². The van der Waals surface area contributed by atoms with Gasteiger partial charge in [-0.2, -0.15) is 0 Å². The molecule has 0 aromatic carbocycles. The standard InChI is InChI=1S/C18H25N3O/c1-2-15-17(21-13-9-8-12-16(21)20-15)18(22)19-14-10-6-4-3-5-7-11-14/h8-9,12-14H,2-7,10-11H2,1H3,(H,19,22). The molecule has 4 nitrogen and oxygen atoms in total. The third kappa shape index (κ3) is 3.16. The summed E-state index contributed by atoms with van der Waals surface area (Å²) in [5, 5.41) is 3.26. The van der Waals surface area contributed by atoms with Gasteiger partial charge in [-0.25, -0.2) is 4.98 Å². The molecule has 2 heterocycles. The van der Waals surface area contributed by atoms with Crippen molar-refractivity contribution >= 4 is 11.6 Å². The fourth-order valence-corrected chi connectivity index (χ4v) is 3.39. The summed E-state index contributed by atoms with van der Waals surface area (Å²) in [6.07, 6.45) is 11.3. The third-order valence-corrected chi connectivity index (χ3v) is 4.59. The van der Waals surface area contributed by atoms with E-state index in [9.17, 15) is 4.79 Å². The average Bonchev–Trinajstić information content (AvgIpc) is 2.88. The molecule has 0 saturated heterocycles. The molecule has 1 aliphatic rings. The molecule has 22 heavy (non-hydrogen) atoms. The van der Waals surface area contributed by atoms with Gasteiger partial charge in [0.15, 0.2) is 0 Å². The molecule has 0 bridgehead atoms. The van der Waals surface area contributed by atoms with Crippen LogP contribution in [0, 0.1) is 0 Å². The summed E-state index contributed by atoms with van der Waals surface area (Å²) in [7, 11) is 0. The third-order valence-electron chi connectivity index (χ3n) is 4.59. The van der Waals surface area contributed by atoms with Gasteiger partial charge in [0.05, 0.1) is 5.69 Å². The number of hydrogen-bond donors (Lipinski definition) is 1. The van der Waals surface area contributed by atoms with Crippen LogP contribution in [0.4, 0.5) is 0 Å². The van der Waals surface area contributed by atoms with Crippen LogP contribution in [0.2, 0.25) is 0 Å². The quantitative estimate of drug-likeness (QED) is 0.938. The Labute approximate surface area is 131 Å². The van der Waals surface area contributed by atoms with Crippen LogP contribution in [0.1, 0.15) is 68.1 Å². The lowest BCUT2D eigenvalue weighted by atomic mass is 9.96. The maximum Gasteiger partial charge on any atom is 0.270 e. The number of hydrogen-bond acceptors (Lipinski definition) is 2. The number of pyridine rings is 1. The number of aryl methyl sites for hydroxylation is 1. The SMILES string of the molecule is CCc1nc2ccccn2c1C(=O)NC1CCCCCCC1. The first-order valence-corrected chi connectivity index (χ1v) is 8.56. The molecular formula is C18H25N3O. The number of fused-ring (bicyclic) bond motifs is 1. The molecule has 2 aromatic heterocycles. The van der Waals surface area contributed by atoms with E-state index in [1.807, 2.05) is 35.7 Å². The van der Waals surface area contributed by atoms with Gasteiger partial charge in [-0.15, -0.1) is 0 Å². The van der Waals surface area contributed by atoms with Crippen molar-refractivity contribution in [1.29, 1.82) is 0 Å². The average molecular weight is 299 g/mol. The number of carbonyl (C=O) groups is 1. The number of carbonyl (C=O) groups excluding carboxylic acids is 1. The Kier molecular flexibility index (Phi) is 4.76. The van der Waals surface area contributed by atoms with E-state index in [1.165, 1.54) is 32.1 Å². The highest BCUT2D eigenvalue weighted by Gasteiger charge is 2.21. The van der Waals surface area contributed by atoms with Crippen LogP contribution in [0.3, 0.4) is 0 Å². The first-order valence-electron chi connectivity index (χ1n) is 8.56. The predicted molar refractivity (Wildman–Crippen MR) is 88.1 cm³/mol. The number of rotatable bonds is 3. The zero-order valence-corrected chi connectivity index (χ0v) is 13.3. The molecule has 0 atom stereocenters. The van der Waals surface area contributed by atoms with E-state index in [-0.39, 0.29) is 5.91 Å². The van der Waals surface area contributed by atoms with Crippen LogP contribution in [0.25, 0.3) is 5.65 Å². The highest BCUT2D eigenvalue weighted by atomic mass is 16.2. The Bertz CT molecular complexity index is 639. The normalized spacial score (nSPS) is 17.1. The van der Waals surface area contributed by atoms with E-state index in [1.54, 1.807) is 0 Å². The molecule has 1 amide bonds. The fraction of sp³-hybridized carbons (Fsp3) is 0.556. The summed E-state index contributed by atoms with van der Waals surface area (Å²) in [4.78, 5) is 17.4. The van der Waals surface area contributed by atoms with Gasteiger partial charge in [-0.05, 0) is 31.4 Å². The van der Waals surface area contributed by atoms with E-state index >= 15 is 0 Å². The summed E-state index contributed by atoms with van der Waals surface area (Å²) < 4.78 is 1.91. The number of aromatic nitrogens is 2. The van der Waals surface area contributed by atoms with Crippen molar-refractivity contribution in [3.63, 3.8) is 0 Å². The topological polar surface area (TPSA) is 46.4 Å². The fourth-order valence-electron chi connectivity index (χ4n) is 3.39. The van der Waals surface area contributed by atoms with Gasteiger partial charge in [-0.1, -0.05) is 45.1 Å². The Morgan fingerprint density at radius 3 is 2.68 bits per heavy atom. The summed E-state index contributed by atoms with van der Waals surface area (Å²) in [5.41, 5.74) is 2.44. The molecule has 1 fully saturated rings. The lowest BCUT2D eigenvalue weighted by molar-refractivity contribution is 0.0923. The van der Waals surface area contributed by atoms with Crippen molar-refractivity contribution in [2.75, 3.05) is 0 Å². The molecule has 0 unspecified atom stereocenters. The van der Waals surface area contributed by atoms with E-state index < -0.39 is 0 Å². The maximum absolute atomic E-state index is 12.8. The molecule has 0 spiro atoms. The van der Waals surface area contributed by atoms with Gasteiger partial charge < -0.3 is 5.32 Å². The van der Waals surface area contributed by atoms with Crippen molar-refractivity contribution in [3.8, 4) is 0 Å². The molecule has 118 valence electrons. The minimum Gasteiger partial charge on any atom is -0.348 e. The van der Waals surface area contributed by atoms with Crippen molar-refractivity contribution in [2.45, 2.75) is 64.3 Å². The van der Waals surface area contributed by atoms with Crippen LogP contribution in [0.5, 0.6) is 0 Å². The smallest absolute Gasteiger partial charge is 0.270 e. The highest BCUT2D eigenvalue weighted by molar-refractivity contribution is 5.95.